The number of unbranched alkanes of at least 4 members (excludes halogenated alkanes) is 9. The van der Waals surface area contributed by atoms with Gasteiger partial charge in [-0.3, -0.25) is 9.59 Å². The van der Waals surface area contributed by atoms with Crippen LogP contribution in [0.2, 0.25) is 5.02 Å². The van der Waals surface area contributed by atoms with Crippen LogP contribution < -0.4 is 5.32 Å². The number of carboxylic acid groups (broad SMARTS) is 1. The van der Waals surface area contributed by atoms with Crippen molar-refractivity contribution in [3.05, 3.63) is 70.2 Å². The maximum atomic E-state index is 12.5. The fourth-order valence-corrected chi connectivity index (χ4v) is 4.43. The fraction of sp³-hybridized carbons (Fsp3) is 0.500. The highest BCUT2D eigenvalue weighted by Gasteiger charge is 2.27. The molecule has 1 atom stereocenters. The summed E-state index contributed by atoms with van der Waals surface area (Å²) >= 11 is 5.96. The van der Waals surface area contributed by atoms with Crippen LogP contribution in [0.25, 0.3) is 0 Å². The number of benzene rings is 2. The smallest absolute Gasteiger partial charge is 0.394 e. The Kier molecular flexibility index (Phi) is 13.8. The zero-order valence-electron chi connectivity index (χ0n) is 22.2. The maximum Gasteiger partial charge on any atom is 0.394 e. The number of carbonyl (C=O) groups is 3. The molecule has 0 bridgehead atoms. The lowest BCUT2D eigenvalue weighted by atomic mass is 10.0. The quantitative estimate of drug-likeness (QED) is 0.179. The number of hydrogen-bond donors (Lipinski definition) is 2. The van der Waals surface area contributed by atoms with Crippen molar-refractivity contribution >= 4 is 29.4 Å². The Morgan fingerprint density at radius 3 is 1.92 bits per heavy atom. The number of nitrogens with zero attached hydrogens (tertiary/aromatic N) is 1. The Labute approximate surface area is 226 Å². The third kappa shape index (κ3) is 11.0. The molecule has 0 heterocycles. The van der Waals surface area contributed by atoms with E-state index in [1.807, 2.05) is 0 Å². The van der Waals surface area contributed by atoms with Gasteiger partial charge in [-0.1, -0.05) is 101 Å². The summed E-state index contributed by atoms with van der Waals surface area (Å²) < 4.78 is 0. The molecule has 0 saturated heterocycles. The molecule has 0 saturated carbocycles. The van der Waals surface area contributed by atoms with Gasteiger partial charge in [-0.15, -0.1) is 0 Å². The molecule has 2 amide bonds. The van der Waals surface area contributed by atoms with Crippen molar-refractivity contribution in [3.63, 3.8) is 0 Å². The number of rotatable bonds is 16. The molecule has 6 nitrogen and oxygen atoms in total. The number of halogens is 1. The molecule has 0 unspecified atom stereocenters. The first-order chi connectivity index (χ1) is 17.8. The molecule has 37 heavy (non-hydrogen) atoms. The van der Waals surface area contributed by atoms with Crippen LogP contribution in [0.15, 0.2) is 48.5 Å². The molecule has 7 heteroatoms. The molecule has 2 rings (SSSR count). The lowest BCUT2D eigenvalue weighted by Gasteiger charge is -2.28. The molecular formula is C30H41ClN2O4. The van der Waals surface area contributed by atoms with Crippen LogP contribution in [0.1, 0.15) is 106 Å². The third-order valence-electron chi connectivity index (χ3n) is 6.65. The summed E-state index contributed by atoms with van der Waals surface area (Å²) in [6.07, 6.45) is 12.5. The summed E-state index contributed by atoms with van der Waals surface area (Å²) in [5, 5.41) is 12.9. The van der Waals surface area contributed by atoms with Gasteiger partial charge in [-0.05, 0) is 48.7 Å². The summed E-state index contributed by atoms with van der Waals surface area (Å²) in [5.74, 6) is -2.62. The van der Waals surface area contributed by atoms with Gasteiger partial charge < -0.3 is 15.3 Å². The lowest BCUT2D eigenvalue weighted by molar-refractivity contribution is -0.157. The number of carboxylic acids is 1. The van der Waals surface area contributed by atoms with Crippen LogP contribution >= 0.6 is 11.6 Å². The lowest BCUT2D eigenvalue weighted by Crippen LogP contribution is -2.38. The van der Waals surface area contributed by atoms with E-state index in [1.54, 1.807) is 55.5 Å². The van der Waals surface area contributed by atoms with E-state index in [0.717, 1.165) is 24.0 Å². The summed E-state index contributed by atoms with van der Waals surface area (Å²) in [6, 6.07) is 13.4. The average molecular weight is 529 g/mol. The van der Waals surface area contributed by atoms with Crippen LogP contribution in [0, 0.1) is 0 Å². The van der Waals surface area contributed by atoms with Crippen molar-refractivity contribution < 1.29 is 19.5 Å². The van der Waals surface area contributed by atoms with Crippen molar-refractivity contribution in [2.75, 3.05) is 6.54 Å². The molecule has 0 aliphatic rings. The van der Waals surface area contributed by atoms with Gasteiger partial charge in [-0.25, -0.2) is 4.79 Å². The van der Waals surface area contributed by atoms with E-state index in [9.17, 15) is 19.5 Å². The van der Waals surface area contributed by atoms with E-state index in [0.29, 0.717) is 17.1 Å². The summed E-state index contributed by atoms with van der Waals surface area (Å²) in [5.41, 5.74) is 2.06. The molecule has 0 aromatic heterocycles. The molecule has 0 fully saturated rings. The highest BCUT2D eigenvalue weighted by Crippen LogP contribution is 2.24. The van der Waals surface area contributed by atoms with E-state index in [4.69, 9.17) is 11.6 Å². The van der Waals surface area contributed by atoms with Crippen molar-refractivity contribution in [1.82, 2.24) is 10.2 Å². The minimum absolute atomic E-state index is 0.107. The van der Waals surface area contributed by atoms with Gasteiger partial charge in [0.15, 0.2) is 0 Å². The first-order valence-corrected chi connectivity index (χ1v) is 13.9. The molecule has 0 radical (unpaired) electrons. The molecule has 202 valence electrons. The molecule has 0 aliphatic carbocycles. The van der Waals surface area contributed by atoms with Crippen LogP contribution in [0.4, 0.5) is 0 Å². The number of aliphatic carboxylic acids is 1. The summed E-state index contributed by atoms with van der Waals surface area (Å²) in [7, 11) is 0. The maximum absolute atomic E-state index is 12.5. The zero-order valence-corrected chi connectivity index (χ0v) is 22.9. The second-order valence-corrected chi connectivity index (χ2v) is 10.0. The highest BCUT2D eigenvalue weighted by atomic mass is 35.5. The zero-order chi connectivity index (χ0) is 27.0. The topological polar surface area (TPSA) is 86.7 Å². The molecule has 2 aromatic carbocycles. The number of carbonyl (C=O) groups excluding carboxylic acids is 2. The standard InChI is InChI=1S/C30H41ClN2O4/c1-3-4-5-6-7-8-9-10-11-12-21-32-28(34)26-15-13-24(14-16-26)22-33(29(35)30(36)37)23(2)25-17-19-27(31)20-18-25/h13-20,23H,3-12,21-22H2,1-2H3,(H,32,34)(H,36,37)/t23-/m0/s1. The van der Waals surface area contributed by atoms with Gasteiger partial charge in [0, 0.05) is 23.7 Å². The van der Waals surface area contributed by atoms with Crippen molar-refractivity contribution in [2.24, 2.45) is 0 Å². The minimum Gasteiger partial charge on any atom is -0.474 e. The first kappa shape index (κ1) is 30.4. The SMILES string of the molecule is CCCCCCCCCCCCNC(=O)c1ccc(CN(C(=O)C(=O)O)[C@@H](C)c2ccc(Cl)cc2)cc1. The third-order valence-corrected chi connectivity index (χ3v) is 6.90. The second-order valence-electron chi connectivity index (χ2n) is 9.60. The normalized spacial score (nSPS) is 11.6. The predicted molar refractivity (Wildman–Crippen MR) is 149 cm³/mol. The number of amides is 2. The van der Waals surface area contributed by atoms with Crippen molar-refractivity contribution in [2.45, 2.75) is 90.6 Å². The number of nitrogens with one attached hydrogen (secondary N) is 1. The monoisotopic (exact) mass is 528 g/mol. The van der Waals surface area contributed by atoms with Crippen LogP contribution in [0.3, 0.4) is 0 Å². The van der Waals surface area contributed by atoms with Gasteiger partial charge >= 0.3 is 11.9 Å². The van der Waals surface area contributed by atoms with Gasteiger partial charge in [0.2, 0.25) is 0 Å². The molecule has 0 spiro atoms. The number of hydrogen-bond acceptors (Lipinski definition) is 3. The van der Waals surface area contributed by atoms with Gasteiger partial charge in [0.25, 0.3) is 5.91 Å². The molecule has 2 N–H and O–H groups in total. The average Bonchev–Trinajstić information content (AvgIpc) is 2.90. The molecule has 2 aromatic rings. The first-order valence-electron chi connectivity index (χ1n) is 13.5. The predicted octanol–water partition coefficient (Wildman–Crippen LogP) is 7.17. The van der Waals surface area contributed by atoms with Crippen molar-refractivity contribution in [3.8, 4) is 0 Å². The Morgan fingerprint density at radius 1 is 0.838 bits per heavy atom. The van der Waals surface area contributed by atoms with Gasteiger partial charge in [0.05, 0.1) is 6.04 Å². The van der Waals surface area contributed by atoms with E-state index in [2.05, 4.69) is 12.2 Å². The largest absolute Gasteiger partial charge is 0.474 e. The van der Waals surface area contributed by atoms with Crippen LogP contribution in [-0.2, 0) is 16.1 Å². The van der Waals surface area contributed by atoms with Crippen LogP contribution in [0.5, 0.6) is 0 Å². The Morgan fingerprint density at radius 2 is 1.38 bits per heavy atom. The van der Waals surface area contributed by atoms with E-state index < -0.39 is 17.9 Å². The van der Waals surface area contributed by atoms with Gasteiger partial charge in [-0.2, -0.15) is 0 Å². The molecule has 0 aliphatic heterocycles. The summed E-state index contributed by atoms with van der Waals surface area (Å²) in [4.78, 5) is 37.7. The molecular weight excluding hydrogens is 488 g/mol. The van der Waals surface area contributed by atoms with Crippen molar-refractivity contribution in [1.29, 1.82) is 0 Å². The second kappa shape index (κ2) is 16.8. The highest BCUT2D eigenvalue weighted by molar-refractivity contribution is 6.31. The summed E-state index contributed by atoms with van der Waals surface area (Å²) in [6.45, 7) is 4.77. The Bertz CT molecular complexity index is 976. The fourth-order valence-electron chi connectivity index (χ4n) is 4.30. The van der Waals surface area contributed by atoms with Gasteiger partial charge in [0.1, 0.15) is 0 Å². The Balaban J connectivity index is 1.80. The minimum atomic E-state index is -1.51. The Hall–Kier alpha value is -2.86. The van der Waals surface area contributed by atoms with E-state index in [-0.39, 0.29) is 12.5 Å². The van der Waals surface area contributed by atoms with E-state index in [1.165, 1.54) is 56.3 Å². The van der Waals surface area contributed by atoms with E-state index >= 15 is 0 Å². The van der Waals surface area contributed by atoms with Crippen LogP contribution in [-0.4, -0.2) is 34.3 Å².